The van der Waals surface area contributed by atoms with Gasteiger partial charge in [0.2, 0.25) is 0 Å². The van der Waals surface area contributed by atoms with Gasteiger partial charge in [-0.05, 0) is 6.42 Å². The fourth-order valence-electron chi connectivity index (χ4n) is 2.85. The van der Waals surface area contributed by atoms with E-state index in [1.165, 1.54) is 83.5 Å². The van der Waals surface area contributed by atoms with Crippen LogP contribution in [0.4, 0.5) is 0 Å². The van der Waals surface area contributed by atoms with Crippen molar-refractivity contribution in [1.29, 1.82) is 0 Å². The van der Waals surface area contributed by atoms with Crippen LogP contribution in [0.2, 0.25) is 0 Å². The Labute approximate surface area is 165 Å². The second-order valence-electron chi connectivity index (χ2n) is 6.70. The number of ether oxygens (including phenoxy) is 1. The molecule has 0 aromatic carbocycles. The van der Waals surface area contributed by atoms with E-state index in [9.17, 15) is 9.59 Å². The second kappa shape index (κ2) is 21.4. The summed E-state index contributed by atoms with van der Waals surface area (Å²) >= 11 is 0. The molecule has 0 saturated carbocycles. The van der Waals surface area contributed by atoms with Gasteiger partial charge in [0.25, 0.3) is 0 Å². The summed E-state index contributed by atoms with van der Waals surface area (Å²) in [7, 11) is 0. The van der Waals surface area contributed by atoms with E-state index in [4.69, 9.17) is 0 Å². The Bertz CT molecular complexity index is 329. The fraction of sp³-hybridized carbons (Fsp3) is 0.810. The van der Waals surface area contributed by atoms with Gasteiger partial charge in [-0.2, -0.15) is 0 Å². The van der Waals surface area contributed by atoms with Crippen LogP contribution in [0.15, 0.2) is 12.7 Å². The van der Waals surface area contributed by atoms with Crippen LogP contribution in [-0.4, -0.2) is 11.9 Å². The maximum atomic E-state index is 11.3. The number of hydrogen-bond acceptors (Lipinski definition) is 3. The minimum atomic E-state index is -0.652. The zero-order chi connectivity index (χ0) is 17.9. The molecule has 0 rings (SSSR count). The van der Waals surface area contributed by atoms with Gasteiger partial charge in [-0.25, -0.2) is 4.79 Å². The normalized spacial score (nSPS) is 10.1. The molecule has 0 aliphatic carbocycles. The molecule has 1 radical (unpaired) electrons. The predicted octanol–water partition coefficient (Wildman–Crippen LogP) is 6.50. The number of esters is 2. The van der Waals surface area contributed by atoms with Crippen LogP contribution in [0.3, 0.4) is 0 Å². The van der Waals surface area contributed by atoms with Crippen LogP contribution in [0.25, 0.3) is 0 Å². The Balaban J connectivity index is 0. The van der Waals surface area contributed by atoms with Crippen molar-refractivity contribution in [2.75, 3.05) is 0 Å². The second-order valence-corrected chi connectivity index (χ2v) is 6.70. The third-order valence-electron chi connectivity index (χ3n) is 4.37. The first-order valence-corrected chi connectivity index (χ1v) is 10.1. The first-order valence-electron chi connectivity index (χ1n) is 10.1. The summed E-state index contributed by atoms with van der Waals surface area (Å²) in [4.78, 5) is 22.1. The standard InChI is InChI=1S/C21H38O3.Cu/c1-3-5-6-7-8-9-10-11-12-13-14-15-16-17-18-19-21(23)24-20(22)4-2;/h4H,2-3,5-19H2,1H3;. The van der Waals surface area contributed by atoms with Crippen molar-refractivity contribution in [1.82, 2.24) is 0 Å². The van der Waals surface area contributed by atoms with Gasteiger partial charge < -0.3 is 4.74 Å². The molecule has 0 spiro atoms. The van der Waals surface area contributed by atoms with E-state index in [1.54, 1.807) is 0 Å². The molecule has 0 amide bonds. The Morgan fingerprint density at radius 1 is 0.720 bits per heavy atom. The van der Waals surface area contributed by atoms with Crippen molar-refractivity contribution in [2.45, 2.75) is 110 Å². The third kappa shape index (κ3) is 21.4. The fourth-order valence-corrected chi connectivity index (χ4v) is 2.85. The van der Waals surface area contributed by atoms with E-state index in [0.717, 1.165) is 18.9 Å². The molecule has 0 unspecified atom stereocenters. The topological polar surface area (TPSA) is 43.4 Å². The summed E-state index contributed by atoms with van der Waals surface area (Å²) in [6.07, 6.45) is 20.8. The van der Waals surface area contributed by atoms with Gasteiger partial charge in [0.1, 0.15) is 0 Å². The molecule has 0 saturated heterocycles. The summed E-state index contributed by atoms with van der Waals surface area (Å²) in [5, 5.41) is 0. The molecule has 0 aromatic rings. The van der Waals surface area contributed by atoms with Crippen molar-refractivity contribution in [2.24, 2.45) is 0 Å². The minimum absolute atomic E-state index is 0. The Morgan fingerprint density at radius 3 is 1.44 bits per heavy atom. The smallest absolute Gasteiger partial charge is 0.337 e. The SMILES string of the molecule is C=CC(=O)OC(=O)CCCCCCCCCCCCCCCCC.[Cu]. The maximum absolute atomic E-state index is 11.3. The van der Waals surface area contributed by atoms with Crippen LogP contribution in [0, 0.1) is 0 Å². The number of hydrogen-bond donors (Lipinski definition) is 0. The van der Waals surface area contributed by atoms with Crippen molar-refractivity contribution in [3.63, 3.8) is 0 Å². The molecule has 25 heavy (non-hydrogen) atoms. The van der Waals surface area contributed by atoms with Crippen LogP contribution in [0.1, 0.15) is 110 Å². The summed E-state index contributed by atoms with van der Waals surface area (Å²) in [5.74, 6) is -1.09. The van der Waals surface area contributed by atoms with Crippen molar-refractivity contribution in [3.05, 3.63) is 12.7 Å². The monoisotopic (exact) mass is 401 g/mol. The van der Waals surface area contributed by atoms with Crippen LogP contribution in [-0.2, 0) is 31.4 Å². The van der Waals surface area contributed by atoms with E-state index < -0.39 is 11.9 Å². The Morgan fingerprint density at radius 2 is 1.08 bits per heavy atom. The van der Waals surface area contributed by atoms with Crippen molar-refractivity contribution < 1.29 is 31.4 Å². The third-order valence-corrected chi connectivity index (χ3v) is 4.37. The Kier molecular flexibility index (Phi) is 22.8. The van der Waals surface area contributed by atoms with E-state index in [-0.39, 0.29) is 17.1 Å². The molecule has 0 bridgehead atoms. The van der Waals surface area contributed by atoms with E-state index in [1.807, 2.05) is 0 Å². The molecule has 0 fully saturated rings. The summed E-state index contributed by atoms with van der Waals surface area (Å²) in [5.41, 5.74) is 0. The van der Waals surface area contributed by atoms with Crippen LogP contribution in [0.5, 0.6) is 0 Å². The molecule has 0 N–H and O–H groups in total. The van der Waals surface area contributed by atoms with E-state index in [2.05, 4.69) is 18.2 Å². The molecule has 3 nitrogen and oxygen atoms in total. The molecule has 4 heteroatoms. The average Bonchev–Trinajstić information content (AvgIpc) is 2.58. The molecule has 151 valence electrons. The molecular weight excluding hydrogens is 364 g/mol. The number of carbonyl (C=O) groups is 2. The van der Waals surface area contributed by atoms with Crippen LogP contribution < -0.4 is 0 Å². The predicted molar refractivity (Wildman–Crippen MR) is 101 cm³/mol. The summed E-state index contributed by atoms with van der Waals surface area (Å²) in [6.45, 7) is 5.53. The largest absolute Gasteiger partial charge is 0.390 e. The van der Waals surface area contributed by atoms with Gasteiger partial charge in [0.05, 0.1) is 0 Å². The molecule has 0 aliphatic heterocycles. The summed E-state index contributed by atoms with van der Waals surface area (Å²) < 4.78 is 4.52. The van der Waals surface area contributed by atoms with Crippen molar-refractivity contribution in [3.8, 4) is 0 Å². The molecule has 0 heterocycles. The van der Waals surface area contributed by atoms with Gasteiger partial charge in [-0.3, -0.25) is 4.79 Å². The molecule has 0 aliphatic rings. The van der Waals surface area contributed by atoms with Gasteiger partial charge in [-0.15, -0.1) is 0 Å². The minimum Gasteiger partial charge on any atom is -0.390 e. The number of rotatable bonds is 17. The van der Waals surface area contributed by atoms with E-state index in [0.29, 0.717) is 6.42 Å². The maximum Gasteiger partial charge on any atom is 0.337 e. The zero-order valence-corrected chi connectivity index (χ0v) is 17.1. The van der Waals surface area contributed by atoms with Gasteiger partial charge in [0.15, 0.2) is 0 Å². The van der Waals surface area contributed by atoms with Crippen molar-refractivity contribution >= 4 is 11.9 Å². The average molecular weight is 402 g/mol. The Hall–Kier alpha value is -0.601. The van der Waals surface area contributed by atoms with Gasteiger partial charge in [-0.1, -0.05) is 103 Å². The number of unbranched alkanes of at least 4 members (excludes halogenated alkanes) is 14. The molecular formula is C21H38CuO3. The first-order chi connectivity index (χ1) is 11.7. The van der Waals surface area contributed by atoms with E-state index >= 15 is 0 Å². The zero-order valence-electron chi connectivity index (χ0n) is 16.1. The van der Waals surface area contributed by atoms with Crippen LogP contribution >= 0.6 is 0 Å². The quantitative estimate of drug-likeness (QED) is 0.0917. The first kappa shape index (κ1) is 26.6. The number of carbonyl (C=O) groups excluding carboxylic acids is 2. The summed E-state index contributed by atoms with van der Waals surface area (Å²) in [6, 6.07) is 0. The molecule has 0 atom stereocenters. The van der Waals surface area contributed by atoms with Gasteiger partial charge in [0, 0.05) is 29.6 Å². The van der Waals surface area contributed by atoms with Gasteiger partial charge >= 0.3 is 11.9 Å². The molecule has 0 aromatic heterocycles.